The van der Waals surface area contributed by atoms with Crippen molar-refractivity contribution in [3.8, 4) is 0 Å². The lowest BCUT2D eigenvalue weighted by Gasteiger charge is -2.22. The van der Waals surface area contributed by atoms with Gasteiger partial charge in [0, 0.05) is 16.9 Å². The molecule has 1 N–H and O–H groups in total. The summed E-state index contributed by atoms with van der Waals surface area (Å²) in [5, 5.41) is 2.41. The summed E-state index contributed by atoms with van der Waals surface area (Å²) in [5.74, 6) is -0.622. The number of benzene rings is 1. The number of nitrogens with one attached hydrogen (secondary N) is 1. The highest BCUT2D eigenvalue weighted by Crippen LogP contribution is 2.37. The van der Waals surface area contributed by atoms with Crippen molar-refractivity contribution in [3.63, 3.8) is 0 Å². The standard InChI is InChI=1S/C23H19F6N3O3S/c24-22(25,26)13-8-14(23(27,28)29)10-15(9-13)30-19(33)12-36-20-17-5-1-2-6-18(17)32(21(34)31-20)11-16-4-3-7-35-16/h3-4,7-10H,1-2,5-6,11-12H2,(H,30,33). The van der Waals surface area contributed by atoms with Gasteiger partial charge in [-0.15, -0.1) is 0 Å². The number of hydrogen-bond donors (Lipinski definition) is 1. The number of nitrogens with zero attached hydrogens (tertiary/aromatic N) is 2. The second-order valence-electron chi connectivity index (χ2n) is 8.13. The Morgan fingerprint density at radius 2 is 1.72 bits per heavy atom. The summed E-state index contributed by atoms with van der Waals surface area (Å²) in [5.41, 5.74) is -2.67. The Hall–Kier alpha value is -3.22. The Bertz CT molecular complexity index is 1280. The summed E-state index contributed by atoms with van der Waals surface area (Å²) < 4.78 is 85.2. The van der Waals surface area contributed by atoms with Gasteiger partial charge in [-0.1, -0.05) is 11.8 Å². The third kappa shape index (κ3) is 5.94. The summed E-state index contributed by atoms with van der Waals surface area (Å²) in [7, 11) is 0. The van der Waals surface area contributed by atoms with Crippen LogP contribution in [-0.4, -0.2) is 21.2 Å². The van der Waals surface area contributed by atoms with Crippen molar-refractivity contribution in [2.24, 2.45) is 0 Å². The average Bonchev–Trinajstić information content (AvgIpc) is 3.32. The lowest BCUT2D eigenvalue weighted by atomic mass is 9.97. The number of carbonyl (C=O) groups is 1. The van der Waals surface area contributed by atoms with Gasteiger partial charge in [0.05, 0.1) is 29.7 Å². The van der Waals surface area contributed by atoms with Crippen molar-refractivity contribution in [2.75, 3.05) is 11.1 Å². The van der Waals surface area contributed by atoms with E-state index >= 15 is 0 Å². The summed E-state index contributed by atoms with van der Waals surface area (Å²) in [4.78, 5) is 29.2. The van der Waals surface area contributed by atoms with Crippen LogP contribution in [0.25, 0.3) is 0 Å². The molecule has 36 heavy (non-hydrogen) atoms. The summed E-state index contributed by atoms with van der Waals surface area (Å²) in [6.45, 7) is 0.198. The van der Waals surface area contributed by atoms with E-state index in [1.165, 1.54) is 10.8 Å². The number of furan rings is 1. The topological polar surface area (TPSA) is 77.1 Å². The van der Waals surface area contributed by atoms with E-state index in [0.29, 0.717) is 35.8 Å². The van der Waals surface area contributed by atoms with Crippen LogP contribution in [0.2, 0.25) is 0 Å². The molecule has 13 heteroatoms. The van der Waals surface area contributed by atoms with E-state index in [0.717, 1.165) is 35.9 Å². The molecular formula is C23H19F6N3O3S. The van der Waals surface area contributed by atoms with Crippen LogP contribution < -0.4 is 11.0 Å². The van der Waals surface area contributed by atoms with Gasteiger partial charge in [0.2, 0.25) is 5.91 Å². The van der Waals surface area contributed by atoms with Gasteiger partial charge in [-0.25, -0.2) is 4.79 Å². The molecule has 1 amide bonds. The zero-order valence-electron chi connectivity index (χ0n) is 18.5. The van der Waals surface area contributed by atoms with Gasteiger partial charge >= 0.3 is 18.0 Å². The van der Waals surface area contributed by atoms with Crippen LogP contribution in [0.3, 0.4) is 0 Å². The summed E-state index contributed by atoms with van der Waals surface area (Å²) >= 11 is 0.908. The van der Waals surface area contributed by atoms with Crippen LogP contribution in [0, 0.1) is 0 Å². The average molecular weight is 531 g/mol. The van der Waals surface area contributed by atoms with Crippen LogP contribution in [0.5, 0.6) is 0 Å². The SMILES string of the molecule is O=C(CSc1nc(=O)n(Cc2ccco2)c2c1CCCC2)Nc1cc(C(F)(F)F)cc(C(F)(F)F)c1. The van der Waals surface area contributed by atoms with E-state index in [9.17, 15) is 35.9 Å². The number of carbonyl (C=O) groups excluding carboxylic acids is 1. The van der Waals surface area contributed by atoms with E-state index < -0.39 is 40.8 Å². The third-order valence-corrected chi connectivity index (χ3v) is 6.57. The number of fused-ring (bicyclic) bond motifs is 1. The van der Waals surface area contributed by atoms with Crippen LogP contribution >= 0.6 is 11.8 Å². The van der Waals surface area contributed by atoms with Gasteiger partial charge in [0.1, 0.15) is 10.8 Å². The first-order valence-electron chi connectivity index (χ1n) is 10.8. The molecule has 192 valence electrons. The van der Waals surface area contributed by atoms with E-state index in [4.69, 9.17) is 4.42 Å². The van der Waals surface area contributed by atoms with Crippen molar-refractivity contribution in [1.29, 1.82) is 0 Å². The fraction of sp³-hybridized carbons (Fsp3) is 0.348. The fourth-order valence-electron chi connectivity index (χ4n) is 3.95. The number of aromatic nitrogens is 2. The maximum atomic E-state index is 13.1. The van der Waals surface area contributed by atoms with E-state index in [2.05, 4.69) is 10.3 Å². The predicted molar refractivity (Wildman–Crippen MR) is 119 cm³/mol. The minimum absolute atomic E-state index is 0.0155. The molecule has 0 saturated carbocycles. The maximum Gasteiger partial charge on any atom is 0.416 e. The molecule has 3 aromatic rings. The first-order valence-corrected chi connectivity index (χ1v) is 11.8. The highest BCUT2D eigenvalue weighted by atomic mass is 32.2. The molecule has 2 aromatic heterocycles. The molecule has 0 fully saturated rings. The Kier molecular flexibility index (Phi) is 7.21. The second kappa shape index (κ2) is 10.0. The number of amides is 1. The Labute approximate surface area is 204 Å². The van der Waals surface area contributed by atoms with Gasteiger partial charge in [0.15, 0.2) is 0 Å². The zero-order chi connectivity index (χ0) is 26.1. The number of thioether (sulfide) groups is 1. The van der Waals surface area contributed by atoms with E-state index in [1.54, 1.807) is 12.1 Å². The lowest BCUT2D eigenvalue weighted by molar-refractivity contribution is -0.143. The number of hydrogen-bond acceptors (Lipinski definition) is 5. The number of anilines is 1. The summed E-state index contributed by atoms with van der Waals surface area (Å²) in [6.07, 6.45) is -5.62. The van der Waals surface area contributed by atoms with Crippen molar-refractivity contribution >= 4 is 23.4 Å². The Morgan fingerprint density at radius 3 is 2.33 bits per heavy atom. The van der Waals surface area contributed by atoms with Crippen LogP contribution in [-0.2, 0) is 36.5 Å². The number of halogens is 6. The smallest absolute Gasteiger partial charge is 0.416 e. The summed E-state index contributed by atoms with van der Waals surface area (Å²) in [6, 6.07) is 4.29. The van der Waals surface area contributed by atoms with Crippen molar-refractivity contribution in [2.45, 2.75) is 49.6 Å². The molecule has 4 rings (SSSR count). The molecule has 0 atom stereocenters. The molecule has 0 bridgehead atoms. The van der Waals surface area contributed by atoms with Gasteiger partial charge in [-0.05, 0) is 56.0 Å². The molecule has 0 saturated heterocycles. The van der Waals surface area contributed by atoms with Crippen molar-refractivity contribution < 1.29 is 35.6 Å². The lowest BCUT2D eigenvalue weighted by Crippen LogP contribution is -2.30. The monoisotopic (exact) mass is 531 g/mol. The Balaban J connectivity index is 1.53. The minimum atomic E-state index is -5.03. The molecule has 1 aliphatic carbocycles. The molecule has 0 radical (unpaired) electrons. The van der Waals surface area contributed by atoms with Crippen LogP contribution in [0.1, 0.15) is 41.0 Å². The van der Waals surface area contributed by atoms with Crippen molar-refractivity contribution in [1.82, 2.24) is 9.55 Å². The van der Waals surface area contributed by atoms with Gasteiger partial charge in [-0.3, -0.25) is 9.36 Å². The largest absolute Gasteiger partial charge is 0.467 e. The third-order valence-electron chi connectivity index (χ3n) is 5.56. The quantitative estimate of drug-likeness (QED) is 0.257. The van der Waals surface area contributed by atoms with E-state index in [-0.39, 0.29) is 18.4 Å². The molecule has 2 heterocycles. The van der Waals surface area contributed by atoms with Gasteiger partial charge in [-0.2, -0.15) is 31.3 Å². The molecule has 0 aliphatic heterocycles. The minimum Gasteiger partial charge on any atom is -0.467 e. The zero-order valence-corrected chi connectivity index (χ0v) is 19.3. The number of rotatable bonds is 6. The van der Waals surface area contributed by atoms with E-state index in [1.807, 2.05) is 0 Å². The predicted octanol–water partition coefficient (Wildman–Crippen LogP) is 5.53. The maximum absolute atomic E-state index is 13.1. The molecule has 6 nitrogen and oxygen atoms in total. The molecule has 0 spiro atoms. The molecule has 1 aromatic carbocycles. The van der Waals surface area contributed by atoms with Crippen LogP contribution in [0.15, 0.2) is 50.8 Å². The molecule has 0 unspecified atom stereocenters. The first-order chi connectivity index (χ1) is 16.9. The Morgan fingerprint density at radius 1 is 1.06 bits per heavy atom. The van der Waals surface area contributed by atoms with Gasteiger partial charge < -0.3 is 9.73 Å². The highest BCUT2D eigenvalue weighted by molar-refractivity contribution is 8.00. The second-order valence-corrected chi connectivity index (χ2v) is 9.09. The first kappa shape index (κ1) is 25.9. The highest BCUT2D eigenvalue weighted by Gasteiger charge is 2.37. The normalized spacial score (nSPS) is 13.9. The van der Waals surface area contributed by atoms with Crippen LogP contribution in [0.4, 0.5) is 32.0 Å². The van der Waals surface area contributed by atoms with Gasteiger partial charge in [0.25, 0.3) is 0 Å². The molecular weight excluding hydrogens is 512 g/mol. The fourth-order valence-corrected chi connectivity index (χ4v) is 4.82. The molecule has 1 aliphatic rings. The number of alkyl halides is 6. The van der Waals surface area contributed by atoms with Crippen molar-refractivity contribution in [3.05, 3.63) is 75.2 Å².